The highest BCUT2D eigenvalue weighted by Crippen LogP contribution is 2.24. The molecule has 2 N–H and O–H groups in total. The van der Waals surface area contributed by atoms with E-state index in [1.807, 2.05) is 20.8 Å². The summed E-state index contributed by atoms with van der Waals surface area (Å²) in [7, 11) is 1.78. The summed E-state index contributed by atoms with van der Waals surface area (Å²) in [6.07, 6.45) is 2.50. The topological polar surface area (TPSA) is 78.8 Å². The fraction of sp³-hybridized carbons (Fsp3) is 0.750. The van der Waals surface area contributed by atoms with Crippen molar-refractivity contribution in [2.75, 3.05) is 33.3 Å². The number of aryl methyl sites for hydroxylation is 1. The largest absolute Gasteiger partial charge is 0.462 e. The molecule has 0 aromatic carbocycles. The molecule has 7 nitrogen and oxygen atoms in total. The SMILES string of the molecule is CCOC(=O)c1sc(C(C)NC(=NC)NCC2CCCN(C(C)C)C2)nc1C.I. The van der Waals surface area contributed by atoms with Gasteiger partial charge in [-0.1, -0.05) is 0 Å². The van der Waals surface area contributed by atoms with Crippen LogP contribution in [0.4, 0.5) is 0 Å². The highest BCUT2D eigenvalue weighted by molar-refractivity contribution is 14.0. The zero-order valence-corrected chi connectivity index (χ0v) is 21.6. The van der Waals surface area contributed by atoms with E-state index in [0.717, 1.165) is 24.1 Å². The number of thiazole rings is 1. The lowest BCUT2D eigenvalue weighted by Crippen LogP contribution is -2.46. The highest BCUT2D eigenvalue weighted by atomic mass is 127. The Bertz CT molecular complexity index is 680. The van der Waals surface area contributed by atoms with Crippen molar-refractivity contribution in [2.24, 2.45) is 10.9 Å². The van der Waals surface area contributed by atoms with E-state index in [0.29, 0.717) is 29.1 Å². The summed E-state index contributed by atoms with van der Waals surface area (Å²) in [5.41, 5.74) is 0.714. The Hall–Kier alpha value is -0.940. The van der Waals surface area contributed by atoms with Crippen molar-refractivity contribution in [1.82, 2.24) is 20.5 Å². The van der Waals surface area contributed by atoms with E-state index in [9.17, 15) is 4.79 Å². The summed E-state index contributed by atoms with van der Waals surface area (Å²) in [5, 5.41) is 7.70. The Kier molecular flexibility index (Phi) is 11.4. The van der Waals surface area contributed by atoms with E-state index in [2.05, 4.69) is 39.4 Å². The molecule has 2 atom stereocenters. The zero-order chi connectivity index (χ0) is 20.7. The van der Waals surface area contributed by atoms with Gasteiger partial charge in [0.05, 0.1) is 18.3 Å². The van der Waals surface area contributed by atoms with Gasteiger partial charge in [-0.15, -0.1) is 35.3 Å². The molecule has 0 aliphatic carbocycles. The molecule has 0 radical (unpaired) electrons. The van der Waals surface area contributed by atoms with Crippen LogP contribution in [0.1, 0.15) is 67.0 Å². The van der Waals surface area contributed by atoms with Gasteiger partial charge in [0.2, 0.25) is 0 Å². The first-order valence-electron chi connectivity index (χ1n) is 10.2. The van der Waals surface area contributed by atoms with Gasteiger partial charge < -0.3 is 20.3 Å². The quantitative estimate of drug-likeness (QED) is 0.240. The van der Waals surface area contributed by atoms with E-state index in [-0.39, 0.29) is 36.0 Å². The molecule has 1 saturated heterocycles. The molecular weight excluding hydrogens is 501 g/mol. The molecule has 0 spiro atoms. The van der Waals surface area contributed by atoms with Gasteiger partial charge in [0.25, 0.3) is 0 Å². The van der Waals surface area contributed by atoms with Gasteiger partial charge in [-0.2, -0.15) is 0 Å². The van der Waals surface area contributed by atoms with Crippen LogP contribution in [0.25, 0.3) is 0 Å². The molecular formula is C20H36IN5O2S. The van der Waals surface area contributed by atoms with Crippen LogP contribution in [0.5, 0.6) is 0 Å². The van der Waals surface area contributed by atoms with Crippen LogP contribution in [0, 0.1) is 12.8 Å². The summed E-state index contributed by atoms with van der Waals surface area (Å²) >= 11 is 1.38. The average Bonchev–Trinajstić information content (AvgIpc) is 3.07. The molecule has 166 valence electrons. The second-order valence-corrected chi connectivity index (χ2v) is 8.63. The highest BCUT2D eigenvalue weighted by Gasteiger charge is 2.23. The van der Waals surface area contributed by atoms with Crippen molar-refractivity contribution in [3.05, 3.63) is 15.6 Å². The van der Waals surface area contributed by atoms with Crippen molar-refractivity contribution in [2.45, 2.75) is 59.5 Å². The number of likely N-dealkylation sites (tertiary alicyclic amines) is 1. The molecule has 1 fully saturated rings. The lowest BCUT2D eigenvalue weighted by Gasteiger charge is -2.35. The third-order valence-corrected chi connectivity index (χ3v) is 6.38. The molecule has 1 aromatic heterocycles. The summed E-state index contributed by atoms with van der Waals surface area (Å²) in [6, 6.07) is 0.554. The molecule has 2 unspecified atom stereocenters. The maximum Gasteiger partial charge on any atom is 0.350 e. The van der Waals surface area contributed by atoms with Gasteiger partial charge in [0.15, 0.2) is 5.96 Å². The fourth-order valence-electron chi connectivity index (χ4n) is 3.42. The van der Waals surface area contributed by atoms with Crippen molar-refractivity contribution in [3.8, 4) is 0 Å². The molecule has 2 heterocycles. The summed E-state index contributed by atoms with van der Waals surface area (Å²) in [4.78, 5) is 24.0. The van der Waals surface area contributed by atoms with Gasteiger partial charge >= 0.3 is 5.97 Å². The van der Waals surface area contributed by atoms with Gasteiger partial charge in [0.1, 0.15) is 9.88 Å². The lowest BCUT2D eigenvalue weighted by molar-refractivity contribution is 0.0531. The fourth-order valence-corrected chi connectivity index (χ4v) is 4.39. The van der Waals surface area contributed by atoms with Crippen LogP contribution in [0.2, 0.25) is 0 Å². The maximum atomic E-state index is 12.0. The molecule has 1 aromatic rings. The Morgan fingerprint density at radius 2 is 2.14 bits per heavy atom. The predicted octanol–water partition coefficient (Wildman–Crippen LogP) is 3.59. The molecule has 0 bridgehead atoms. The van der Waals surface area contributed by atoms with Crippen LogP contribution in [0.3, 0.4) is 0 Å². The van der Waals surface area contributed by atoms with Crippen LogP contribution < -0.4 is 10.6 Å². The van der Waals surface area contributed by atoms with Crippen molar-refractivity contribution in [3.63, 3.8) is 0 Å². The number of aliphatic imine (C=N–C) groups is 1. The lowest BCUT2D eigenvalue weighted by atomic mass is 9.97. The standard InChI is InChI=1S/C20H35N5O2S.HI/c1-7-27-19(26)17-14(4)23-18(28-17)15(5)24-20(21-6)22-11-16-9-8-10-25(12-16)13(2)3;/h13,15-16H,7-12H2,1-6H3,(H2,21,22,24);1H. The van der Waals surface area contributed by atoms with E-state index < -0.39 is 0 Å². The van der Waals surface area contributed by atoms with E-state index in [1.165, 1.54) is 30.7 Å². The minimum Gasteiger partial charge on any atom is -0.462 e. The molecule has 29 heavy (non-hydrogen) atoms. The second-order valence-electron chi connectivity index (χ2n) is 7.60. The zero-order valence-electron chi connectivity index (χ0n) is 18.4. The first-order chi connectivity index (χ1) is 13.3. The number of halogens is 1. The Balaban J connectivity index is 0.00000420. The van der Waals surface area contributed by atoms with Gasteiger partial charge in [-0.25, -0.2) is 9.78 Å². The summed E-state index contributed by atoms with van der Waals surface area (Å²) in [6.45, 7) is 13.8. The number of carbonyl (C=O) groups excluding carboxylic acids is 1. The Morgan fingerprint density at radius 1 is 1.41 bits per heavy atom. The first kappa shape index (κ1) is 26.1. The maximum absolute atomic E-state index is 12.0. The first-order valence-corrected chi connectivity index (χ1v) is 11.0. The van der Waals surface area contributed by atoms with E-state index >= 15 is 0 Å². The van der Waals surface area contributed by atoms with Crippen molar-refractivity contribution >= 4 is 47.2 Å². The summed E-state index contributed by atoms with van der Waals surface area (Å²) in [5.74, 6) is 1.09. The van der Waals surface area contributed by atoms with Crippen molar-refractivity contribution in [1.29, 1.82) is 0 Å². The smallest absolute Gasteiger partial charge is 0.350 e. The van der Waals surface area contributed by atoms with Crippen LogP contribution in [-0.4, -0.2) is 61.1 Å². The number of rotatable bonds is 7. The van der Waals surface area contributed by atoms with Crippen LogP contribution in [0.15, 0.2) is 4.99 Å². The molecule has 9 heteroatoms. The van der Waals surface area contributed by atoms with Crippen molar-refractivity contribution < 1.29 is 9.53 Å². The molecule has 0 amide bonds. The number of piperidine rings is 1. The minimum atomic E-state index is -0.300. The number of guanidine groups is 1. The Morgan fingerprint density at radius 3 is 2.76 bits per heavy atom. The van der Waals surface area contributed by atoms with Crippen LogP contribution in [-0.2, 0) is 4.74 Å². The Labute approximate surface area is 196 Å². The van der Waals surface area contributed by atoms with E-state index in [1.54, 1.807) is 7.05 Å². The van der Waals surface area contributed by atoms with E-state index in [4.69, 9.17) is 4.74 Å². The number of nitrogens with one attached hydrogen (secondary N) is 2. The number of carbonyl (C=O) groups is 1. The number of hydrogen-bond donors (Lipinski definition) is 2. The number of esters is 1. The van der Waals surface area contributed by atoms with Gasteiger partial charge in [-0.05, 0) is 59.9 Å². The van der Waals surface area contributed by atoms with Gasteiger partial charge in [0, 0.05) is 26.2 Å². The molecule has 0 saturated carbocycles. The molecule has 1 aliphatic rings. The monoisotopic (exact) mass is 537 g/mol. The molecule has 2 rings (SSSR count). The van der Waals surface area contributed by atoms with Gasteiger partial charge in [-0.3, -0.25) is 4.99 Å². The third-order valence-electron chi connectivity index (χ3n) is 5.06. The third kappa shape index (κ3) is 7.67. The number of aromatic nitrogens is 1. The second kappa shape index (κ2) is 12.7. The summed E-state index contributed by atoms with van der Waals surface area (Å²) < 4.78 is 5.11. The predicted molar refractivity (Wildman–Crippen MR) is 131 cm³/mol. The number of ether oxygens (including phenoxy) is 1. The molecule has 1 aliphatic heterocycles. The van der Waals surface area contributed by atoms with Crippen LogP contribution >= 0.6 is 35.3 Å². The number of nitrogens with zero attached hydrogens (tertiary/aromatic N) is 3. The average molecular weight is 538 g/mol. The number of hydrogen-bond acceptors (Lipinski definition) is 6. The minimum absolute atomic E-state index is 0. The normalized spacial score (nSPS) is 18.9.